The Balaban J connectivity index is 1.66. The van der Waals surface area contributed by atoms with E-state index in [1.54, 1.807) is 36.7 Å². The van der Waals surface area contributed by atoms with E-state index in [0.29, 0.717) is 30.0 Å². The van der Waals surface area contributed by atoms with Crippen molar-refractivity contribution in [1.82, 2.24) is 20.6 Å². The number of nitrogens with one attached hydrogen (secondary N) is 3. The molecule has 160 valence electrons. The number of rotatable bonds is 8. The second-order valence-electron chi connectivity index (χ2n) is 7.34. The SMILES string of the molecule is CC(C)NCc1nc(-c2ccc(NC(=O)NCc3cccnc3)cc2)ccc1C(N)=O. The highest BCUT2D eigenvalue weighted by molar-refractivity contribution is 5.94. The molecule has 0 saturated heterocycles. The maximum Gasteiger partial charge on any atom is 0.319 e. The fraction of sp³-hybridized carbons (Fsp3) is 0.217. The Bertz CT molecular complexity index is 1040. The van der Waals surface area contributed by atoms with Crippen molar-refractivity contribution in [1.29, 1.82) is 0 Å². The molecule has 0 atom stereocenters. The number of aromatic nitrogens is 2. The van der Waals surface area contributed by atoms with Gasteiger partial charge in [-0.15, -0.1) is 0 Å². The molecule has 8 nitrogen and oxygen atoms in total. The van der Waals surface area contributed by atoms with Gasteiger partial charge in [-0.3, -0.25) is 14.8 Å². The third-order valence-corrected chi connectivity index (χ3v) is 4.53. The van der Waals surface area contributed by atoms with E-state index in [1.807, 2.05) is 38.1 Å². The molecule has 2 heterocycles. The summed E-state index contributed by atoms with van der Waals surface area (Å²) in [5.74, 6) is -0.503. The molecule has 0 aliphatic carbocycles. The van der Waals surface area contributed by atoms with Crippen molar-refractivity contribution in [2.45, 2.75) is 33.0 Å². The van der Waals surface area contributed by atoms with E-state index >= 15 is 0 Å². The Kier molecular flexibility index (Phi) is 7.29. The van der Waals surface area contributed by atoms with Crippen molar-refractivity contribution in [2.75, 3.05) is 5.32 Å². The standard InChI is InChI=1S/C23H26N6O2/c1-15(2)26-14-21-19(22(24)30)9-10-20(29-21)17-5-7-18(8-6-17)28-23(31)27-13-16-4-3-11-25-12-16/h3-12,15,26H,13-14H2,1-2H3,(H2,24,30)(H2,27,28,31). The molecule has 1 aromatic carbocycles. The third-order valence-electron chi connectivity index (χ3n) is 4.53. The number of anilines is 1. The summed E-state index contributed by atoms with van der Waals surface area (Å²) in [5.41, 5.74) is 9.65. The zero-order valence-electron chi connectivity index (χ0n) is 17.6. The second kappa shape index (κ2) is 10.3. The average Bonchev–Trinajstić information content (AvgIpc) is 2.77. The number of hydrogen-bond acceptors (Lipinski definition) is 5. The van der Waals surface area contributed by atoms with E-state index in [-0.39, 0.29) is 12.1 Å². The van der Waals surface area contributed by atoms with Crippen molar-refractivity contribution in [2.24, 2.45) is 5.73 Å². The smallest absolute Gasteiger partial charge is 0.319 e. The first-order valence-electron chi connectivity index (χ1n) is 9.99. The Hall–Kier alpha value is -3.78. The second-order valence-corrected chi connectivity index (χ2v) is 7.34. The largest absolute Gasteiger partial charge is 0.366 e. The Morgan fingerprint density at radius 3 is 2.45 bits per heavy atom. The summed E-state index contributed by atoms with van der Waals surface area (Å²) in [6.45, 7) is 4.88. The number of urea groups is 1. The van der Waals surface area contributed by atoms with Gasteiger partial charge in [0.05, 0.1) is 17.0 Å². The van der Waals surface area contributed by atoms with Gasteiger partial charge in [-0.25, -0.2) is 4.79 Å². The fourth-order valence-electron chi connectivity index (χ4n) is 2.91. The number of nitrogens with two attached hydrogens (primary N) is 1. The Morgan fingerprint density at radius 1 is 1.03 bits per heavy atom. The van der Waals surface area contributed by atoms with Crippen LogP contribution in [0, 0.1) is 0 Å². The highest BCUT2D eigenvalue weighted by Gasteiger charge is 2.12. The van der Waals surface area contributed by atoms with Crippen LogP contribution in [-0.4, -0.2) is 27.9 Å². The minimum Gasteiger partial charge on any atom is -0.366 e. The summed E-state index contributed by atoms with van der Waals surface area (Å²) in [6.07, 6.45) is 3.39. The molecule has 2 aromatic heterocycles. The lowest BCUT2D eigenvalue weighted by Gasteiger charge is -2.12. The van der Waals surface area contributed by atoms with Gasteiger partial charge < -0.3 is 21.7 Å². The molecule has 3 aromatic rings. The van der Waals surface area contributed by atoms with Crippen molar-refractivity contribution in [3.8, 4) is 11.3 Å². The molecular formula is C23H26N6O2. The summed E-state index contributed by atoms with van der Waals surface area (Å²) in [7, 11) is 0. The maximum absolute atomic E-state index is 12.1. The van der Waals surface area contributed by atoms with E-state index in [1.165, 1.54) is 0 Å². The summed E-state index contributed by atoms with van der Waals surface area (Å²) in [5, 5.41) is 8.85. The number of nitrogens with zero attached hydrogens (tertiary/aromatic N) is 2. The van der Waals surface area contributed by atoms with E-state index in [0.717, 1.165) is 16.8 Å². The molecule has 3 rings (SSSR count). The molecule has 5 N–H and O–H groups in total. The number of pyridine rings is 2. The predicted octanol–water partition coefficient (Wildman–Crippen LogP) is 3.06. The number of primary amides is 1. The van der Waals surface area contributed by atoms with Gasteiger partial charge in [-0.05, 0) is 35.9 Å². The van der Waals surface area contributed by atoms with Gasteiger partial charge >= 0.3 is 6.03 Å². The molecular weight excluding hydrogens is 392 g/mol. The first-order chi connectivity index (χ1) is 14.9. The van der Waals surface area contributed by atoms with Crippen molar-refractivity contribution in [3.63, 3.8) is 0 Å². The summed E-state index contributed by atoms with van der Waals surface area (Å²) < 4.78 is 0. The molecule has 31 heavy (non-hydrogen) atoms. The van der Waals surface area contributed by atoms with Crippen molar-refractivity contribution >= 4 is 17.6 Å². The van der Waals surface area contributed by atoms with Crippen LogP contribution in [0.2, 0.25) is 0 Å². The van der Waals surface area contributed by atoms with E-state index in [9.17, 15) is 9.59 Å². The molecule has 0 saturated carbocycles. The van der Waals surface area contributed by atoms with Gasteiger partial charge in [0.15, 0.2) is 0 Å². The number of amides is 3. The van der Waals surface area contributed by atoms with Gasteiger partial charge in [-0.2, -0.15) is 0 Å². The van der Waals surface area contributed by atoms with E-state index < -0.39 is 5.91 Å². The Morgan fingerprint density at radius 2 is 1.81 bits per heavy atom. The van der Waals surface area contributed by atoms with Crippen LogP contribution in [0.5, 0.6) is 0 Å². The first kappa shape index (κ1) is 21.9. The lowest BCUT2D eigenvalue weighted by molar-refractivity contribution is 0.0998. The summed E-state index contributed by atoms with van der Waals surface area (Å²) in [4.78, 5) is 32.5. The van der Waals surface area contributed by atoms with E-state index in [2.05, 4.69) is 25.9 Å². The summed E-state index contributed by atoms with van der Waals surface area (Å²) >= 11 is 0. The summed E-state index contributed by atoms with van der Waals surface area (Å²) in [6, 6.07) is 14.4. The van der Waals surface area contributed by atoms with Crippen LogP contribution in [0.15, 0.2) is 60.9 Å². The maximum atomic E-state index is 12.1. The van der Waals surface area contributed by atoms with Crippen LogP contribution in [0.1, 0.15) is 35.5 Å². The number of carbonyl (C=O) groups excluding carboxylic acids is 2. The molecule has 0 fully saturated rings. The molecule has 0 bridgehead atoms. The highest BCUT2D eigenvalue weighted by atomic mass is 16.2. The number of benzene rings is 1. The van der Waals surface area contributed by atoms with Crippen molar-refractivity contribution in [3.05, 3.63) is 77.7 Å². The number of hydrogen-bond donors (Lipinski definition) is 4. The number of carbonyl (C=O) groups is 2. The molecule has 0 unspecified atom stereocenters. The monoisotopic (exact) mass is 418 g/mol. The lowest BCUT2D eigenvalue weighted by atomic mass is 10.1. The minimum atomic E-state index is -0.503. The highest BCUT2D eigenvalue weighted by Crippen LogP contribution is 2.21. The third kappa shape index (κ3) is 6.35. The first-order valence-corrected chi connectivity index (χ1v) is 9.99. The van der Waals surface area contributed by atoms with Crippen LogP contribution >= 0.6 is 0 Å². The van der Waals surface area contributed by atoms with Crippen LogP contribution in [0.4, 0.5) is 10.5 Å². The molecule has 0 aliphatic rings. The van der Waals surface area contributed by atoms with Gasteiger partial charge in [0.2, 0.25) is 0 Å². The fourth-order valence-corrected chi connectivity index (χ4v) is 2.91. The molecule has 0 radical (unpaired) electrons. The van der Waals surface area contributed by atoms with Crippen LogP contribution < -0.4 is 21.7 Å². The van der Waals surface area contributed by atoms with Gasteiger partial charge in [0.25, 0.3) is 5.91 Å². The minimum absolute atomic E-state index is 0.251. The predicted molar refractivity (Wildman–Crippen MR) is 120 cm³/mol. The molecule has 8 heteroatoms. The quantitative estimate of drug-likeness (QED) is 0.448. The average molecular weight is 419 g/mol. The molecule has 0 aliphatic heterocycles. The van der Waals surface area contributed by atoms with Gasteiger partial charge in [0.1, 0.15) is 0 Å². The molecule has 0 spiro atoms. The molecule has 3 amide bonds. The topological polar surface area (TPSA) is 122 Å². The zero-order valence-corrected chi connectivity index (χ0v) is 17.6. The van der Waals surface area contributed by atoms with Gasteiger partial charge in [0, 0.05) is 42.8 Å². The van der Waals surface area contributed by atoms with Gasteiger partial charge in [-0.1, -0.05) is 32.0 Å². The van der Waals surface area contributed by atoms with E-state index in [4.69, 9.17) is 5.73 Å². The normalized spacial score (nSPS) is 10.7. The Labute approximate surface area is 181 Å². The zero-order chi connectivity index (χ0) is 22.2. The van der Waals surface area contributed by atoms with Crippen LogP contribution in [0.3, 0.4) is 0 Å². The van der Waals surface area contributed by atoms with Crippen LogP contribution in [-0.2, 0) is 13.1 Å². The van der Waals surface area contributed by atoms with Crippen molar-refractivity contribution < 1.29 is 9.59 Å². The van der Waals surface area contributed by atoms with Crippen LogP contribution in [0.25, 0.3) is 11.3 Å². The lowest BCUT2D eigenvalue weighted by Crippen LogP contribution is -2.28.